The maximum absolute atomic E-state index is 12.9. The summed E-state index contributed by atoms with van der Waals surface area (Å²) < 4.78 is 17.7. The maximum atomic E-state index is 12.9. The Balaban J connectivity index is 1.83. The molecule has 0 radical (unpaired) electrons. The van der Waals surface area contributed by atoms with Gasteiger partial charge in [0, 0.05) is 11.6 Å². The molecular formula is C16H12Cl2FNO3. The van der Waals surface area contributed by atoms with E-state index in [1.54, 1.807) is 24.3 Å². The molecule has 2 rings (SSSR count). The Labute approximate surface area is 142 Å². The summed E-state index contributed by atoms with van der Waals surface area (Å²) in [5, 5.41) is 3.08. The van der Waals surface area contributed by atoms with Crippen LogP contribution in [0.4, 0.5) is 4.39 Å². The molecule has 7 heteroatoms. The quantitative estimate of drug-likeness (QED) is 0.833. The number of nitrogens with one attached hydrogen (secondary N) is 1. The minimum atomic E-state index is -0.798. The van der Waals surface area contributed by atoms with Gasteiger partial charge in [0.05, 0.1) is 10.6 Å². The number of amides is 1. The number of carbonyl (C=O) groups excluding carboxylic acids is 2. The minimum Gasteiger partial charge on any atom is -0.452 e. The SMILES string of the molecule is O=C(COC(=O)c1ccc(F)cc1Cl)NCc1cccc(Cl)c1. The van der Waals surface area contributed by atoms with Crippen molar-refractivity contribution in [2.24, 2.45) is 0 Å². The van der Waals surface area contributed by atoms with Crippen LogP contribution in [0.2, 0.25) is 10.0 Å². The summed E-state index contributed by atoms with van der Waals surface area (Å²) in [5.41, 5.74) is 0.814. The number of carbonyl (C=O) groups is 2. The van der Waals surface area contributed by atoms with E-state index in [-0.39, 0.29) is 17.1 Å². The van der Waals surface area contributed by atoms with Gasteiger partial charge >= 0.3 is 5.97 Å². The van der Waals surface area contributed by atoms with Crippen LogP contribution in [0, 0.1) is 5.82 Å². The summed E-state index contributed by atoms with van der Waals surface area (Å²) in [6.07, 6.45) is 0. The Morgan fingerprint density at radius 1 is 1.13 bits per heavy atom. The number of hydrogen-bond donors (Lipinski definition) is 1. The van der Waals surface area contributed by atoms with Gasteiger partial charge in [0.25, 0.3) is 5.91 Å². The van der Waals surface area contributed by atoms with Gasteiger partial charge in [-0.25, -0.2) is 9.18 Å². The first-order chi connectivity index (χ1) is 11.0. The molecule has 0 fully saturated rings. The van der Waals surface area contributed by atoms with Gasteiger partial charge in [-0.05, 0) is 35.9 Å². The van der Waals surface area contributed by atoms with Gasteiger partial charge in [-0.1, -0.05) is 35.3 Å². The van der Waals surface area contributed by atoms with Gasteiger partial charge in [0.15, 0.2) is 6.61 Å². The molecule has 2 aromatic carbocycles. The Kier molecular flexibility index (Phi) is 5.96. The fourth-order valence-electron chi connectivity index (χ4n) is 1.76. The third-order valence-electron chi connectivity index (χ3n) is 2.86. The molecule has 1 amide bonds. The van der Waals surface area contributed by atoms with Gasteiger partial charge in [0.1, 0.15) is 5.82 Å². The van der Waals surface area contributed by atoms with E-state index in [2.05, 4.69) is 5.32 Å². The van der Waals surface area contributed by atoms with E-state index in [4.69, 9.17) is 27.9 Å². The second kappa shape index (κ2) is 7.94. The first-order valence-corrected chi connectivity index (χ1v) is 7.34. The Hall–Kier alpha value is -2.11. The fourth-order valence-corrected chi connectivity index (χ4v) is 2.22. The van der Waals surface area contributed by atoms with Gasteiger partial charge < -0.3 is 10.1 Å². The van der Waals surface area contributed by atoms with E-state index in [1.165, 1.54) is 6.07 Å². The number of ether oxygens (including phenoxy) is 1. The first kappa shape index (κ1) is 17.2. The molecule has 2 aromatic rings. The molecule has 0 saturated heterocycles. The Morgan fingerprint density at radius 3 is 2.61 bits per heavy atom. The molecule has 0 spiro atoms. The van der Waals surface area contributed by atoms with Gasteiger partial charge in [0.2, 0.25) is 0 Å². The Morgan fingerprint density at radius 2 is 1.91 bits per heavy atom. The lowest BCUT2D eigenvalue weighted by Gasteiger charge is -2.08. The minimum absolute atomic E-state index is 0.00397. The lowest BCUT2D eigenvalue weighted by molar-refractivity contribution is -0.124. The predicted octanol–water partition coefficient (Wildman–Crippen LogP) is 3.61. The number of rotatable bonds is 5. The lowest BCUT2D eigenvalue weighted by Crippen LogP contribution is -2.28. The second-order valence-corrected chi connectivity index (χ2v) is 5.45. The summed E-state index contributed by atoms with van der Waals surface area (Å²) in [7, 11) is 0. The molecule has 0 heterocycles. The third-order valence-corrected chi connectivity index (χ3v) is 3.41. The van der Waals surface area contributed by atoms with Crippen LogP contribution in [-0.4, -0.2) is 18.5 Å². The van der Waals surface area contributed by atoms with Crippen LogP contribution in [0.15, 0.2) is 42.5 Å². The number of esters is 1. The molecule has 4 nitrogen and oxygen atoms in total. The van der Waals surface area contributed by atoms with Crippen molar-refractivity contribution in [1.82, 2.24) is 5.32 Å². The van der Waals surface area contributed by atoms with Crippen molar-refractivity contribution >= 4 is 35.1 Å². The molecule has 0 unspecified atom stereocenters. The molecule has 120 valence electrons. The molecule has 1 N–H and O–H groups in total. The molecule has 0 bridgehead atoms. The van der Waals surface area contributed by atoms with E-state index in [9.17, 15) is 14.0 Å². The summed E-state index contributed by atoms with van der Waals surface area (Å²) in [6.45, 7) is -0.207. The average Bonchev–Trinajstić information content (AvgIpc) is 2.50. The lowest BCUT2D eigenvalue weighted by atomic mass is 10.2. The molecule has 0 saturated carbocycles. The standard InChI is InChI=1S/C16H12Cl2FNO3/c17-11-3-1-2-10(6-11)8-20-15(21)9-23-16(22)13-5-4-12(19)7-14(13)18/h1-7H,8-9H2,(H,20,21). The first-order valence-electron chi connectivity index (χ1n) is 6.59. The highest BCUT2D eigenvalue weighted by Crippen LogP contribution is 2.18. The Bertz CT molecular complexity index is 737. The van der Waals surface area contributed by atoms with E-state index in [0.717, 1.165) is 17.7 Å². The van der Waals surface area contributed by atoms with E-state index in [1.807, 2.05) is 0 Å². The second-order valence-electron chi connectivity index (χ2n) is 4.61. The normalized spacial score (nSPS) is 10.2. The highest BCUT2D eigenvalue weighted by molar-refractivity contribution is 6.33. The van der Waals surface area contributed by atoms with Gasteiger partial charge in [-0.3, -0.25) is 4.79 Å². The third kappa shape index (κ3) is 5.23. The summed E-state index contributed by atoms with van der Waals surface area (Å²) in [4.78, 5) is 23.4. The zero-order valence-electron chi connectivity index (χ0n) is 11.8. The van der Waals surface area contributed by atoms with Crippen LogP contribution >= 0.6 is 23.2 Å². The van der Waals surface area contributed by atoms with E-state index in [0.29, 0.717) is 5.02 Å². The van der Waals surface area contributed by atoms with E-state index < -0.39 is 24.3 Å². The van der Waals surface area contributed by atoms with Crippen LogP contribution in [0.25, 0.3) is 0 Å². The average molecular weight is 356 g/mol. The fraction of sp³-hybridized carbons (Fsp3) is 0.125. The van der Waals surface area contributed by atoms with Crippen LogP contribution in [0.5, 0.6) is 0 Å². The summed E-state index contributed by atoms with van der Waals surface area (Å²) in [6, 6.07) is 10.3. The highest BCUT2D eigenvalue weighted by atomic mass is 35.5. The van der Waals surface area contributed by atoms with Crippen LogP contribution in [-0.2, 0) is 16.1 Å². The monoisotopic (exact) mass is 355 g/mol. The van der Waals surface area contributed by atoms with Gasteiger partial charge in [-0.2, -0.15) is 0 Å². The number of halogens is 3. The van der Waals surface area contributed by atoms with Crippen LogP contribution in [0.3, 0.4) is 0 Å². The molecule has 0 aliphatic rings. The number of hydrogen-bond acceptors (Lipinski definition) is 3. The molecule has 23 heavy (non-hydrogen) atoms. The van der Waals surface area contributed by atoms with Crippen LogP contribution < -0.4 is 5.32 Å². The molecule has 0 aliphatic heterocycles. The number of benzene rings is 2. The van der Waals surface area contributed by atoms with Crippen molar-refractivity contribution in [2.45, 2.75) is 6.54 Å². The topological polar surface area (TPSA) is 55.4 Å². The summed E-state index contributed by atoms with van der Waals surface area (Å²) in [5.74, 6) is -1.84. The van der Waals surface area contributed by atoms with Crippen molar-refractivity contribution in [2.75, 3.05) is 6.61 Å². The predicted molar refractivity (Wildman–Crippen MR) is 85.0 cm³/mol. The van der Waals surface area contributed by atoms with Crippen molar-refractivity contribution in [3.05, 3.63) is 69.5 Å². The largest absolute Gasteiger partial charge is 0.452 e. The summed E-state index contributed by atoms with van der Waals surface area (Å²) >= 11 is 11.6. The smallest absolute Gasteiger partial charge is 0.340 e. The van der Waals surface area contributed by atoms with Crippen LogP contribution in [0.1, 0.15) is 15.9 Å². The van der Waals surface area contributed by atoms with Crippen molar-refractivity contribution in [1.29, 1.82) is 0 Å². The van der Waals surface area contributed by atoms with Crippen molar-refractivity contribution in [3.8, 4) is 0 Å². The van der Waals surface area contributed by atoms with Gasteiger partial charge in [-0.15, -0.1) is 0 Å². The zero-order chi connectivity index (χ0) is 16.8. The highest BCUT2D eigenvalue weighted by Gasteiger charge is 2.14. The molecule has 0 aromatic heterocycles. The van der Waals surface area contributed by atoms with Crippen molar-refractivity contribution < 1.29 is 18.7 Å². The molecule has 0 aliphatic carbocycles. The zero-order valence-corrected chi connectivity index (χ0v) is 13.3. The van der Waals surface area contributed by atoms with E-state index >= 15 is 0 Å². The van der Waals surface area contributed by atoms with Crippen molar-refractivity contribution in [3.63, 3.8) is 0 Å². The molecule has 0 atom stereocenters. The maximum Gasteiger partial charge on any atom is 0.340 e. The molecular weight excluding hydrogens is 344 g/mol.